The van der Waals surface area contributed by atoms with Crippen LogP contribution < -0.4 is 5.32 Å². The summed E-state index contributed by atoms with van der Waals surface area (Å²) < 4.78 is 23.3. The highest BCUT2D eigenvalue weighted by Gasteiger charge is 2.26. The molecule has 0 aliphatic heterocycles. The summed E-state index contributed by atoms with van der Waals surface area (Å²) in [7, 11) is -2.89. The first-order chi connectivity index (χ1) is 7.36. The Balaban J connectivity index is 2.35. The molecule has 0 radical (unpaired) electrons. The molecule has 1 aliphatic carbocycles. The Bertz CT molecular complexity index is 303. The largest absolute Gasteiger partial charge is 0.311 e. The van der Waals surface area contributed by atoms with Crippen LogP contribution in [0.15, 0.2) is 0 Å². The average molecular weight is 247 g/mol. The second-order valence-corrected chi connectivity index (χ2v) is 8.14. The summed E-state index contributed by atoms with van der Waals surface area (Å²) >= 11 is 0. The molecule has 0 aromatic carbocycles. The zero-order chi connectivity index (χ0) is 12.2. The van der Waals surface area contributed by atoms with Gasteiger partial charge in [0.25, 0.3) is 0 Å². The molecule has 0 aromatic heterocycles. The molecule has 0 unspecified atom stereocenters. The number of nitrogens with one attached hydrogen (secondary N) is 1. The van der Waals surface area contributed by atoms with E-state index in [0.29, 0.717) is 6.54 Å². The fourth-order valence-electron chi connectivity index (χ4n) is 2.24. The Labute approximate surface area is 99.9 Å². The summed E-state index contributed by atoms with van der Waals surface area (Å²) in [5.41, 5.74) is 0.171. The van der Waals surface area contributed by atoms with Gasteiger partial charge in [0.2, 0.25) is 0 Å². The van der Waals surface area contributed by atoms with Crippen molar-refractivity contribution in [2.75, 3.05) is 12.3 Å². The average Bonchev–Trinajstić information content (AvgIpc) is 2.17. The van der Waals surface area contributed by atoms with Crippen LogP contribution in [0.25, 0.3) is 0 Å². The molecule has 1 aliphatic rings. The molecule has 96 valence electrons. The Morgan fingerprint density at radius 2 is 1.75 bits per heavy atom. The van der Waals surface area contributed by atoms with Gasteiger partial charge in [-0.25, -0.2) is 8.42 Å². The summed E-state index contributed by atoms with van der Waals surface area (Å²) in [6.45, 7) is 6.31. The van der Waals surface area contributed by atoms with Crippen LogP contribution in [0.5, 0.6) is 0 Å². The van der Waals surface area contributed by atoms with Gasteiger partial charge in [0.05, 0.1) is 11.0 Å². The van der Waals surface area contributed by atoms with E-state index in [2.05, 4.69) is 12.2 Å². The Morgan fingerprint density at radius 1 is 1.19 bits per heavy atom. The van der Waals surface area contributed by atoms with Gasteiger partial charge >= 0.3 is 0 Å². The molecule has 0 amide bonds. The molecule has 1 fully saturated rings. The molecule has 3 nitrogen and oxygen atoms in total. The first-order valence-electron chi connectivity index (χ1n) is 6.32. The maximum absolute atomic E-state index is 11.6. The lowest BCUT2D eigenvalue weighted by Gasteiger charge is -2.34. The van der Waals surface area contributed by atoms with E-state index in [4.69, 9.17) is 0 Å². The fourth-order valence-corrected chi connectivity index (χ4v) is 3.10. The standard InChI is InChI=1S/C12H25NO2S/c1-11(2)16(14,15)10-9-13-12(3)7-5-4-6-8-12/h11,13H,4-10H2,1-3H3. The maximum atomic E-state index is 11.6. The van der Waals surface area contributed by atoms with Crippen molar-refractivity contribution in [2.45, 2.75) is 63.7 Å². The Morgan fingerprint density at radius 3 is 2.25 bits per heavy atom. The molecule has 0 bridgehead atoms. The third-order valence-electron chi connectivity index (χ3n) is 3.61. The topological polar surface area (TPSA) is 46.2 Å². The van der Waals surface area contributed by atoms with Gasteiger partial charge in [0, 0.05) is 12.1 Å². The van der Waals surface area contributed by atoms with Crippen LogP contribution in [-0.2, 0) is 9.84 Å². The van der Waals surface area contributed by atoms with Crippen molar-refractivity contribution in [3.63, 3.8) is 0 Å². The maximum Gasteiger partial charge on any atom is 0.153 e. The summed E-state index contributed by atoms with van der Waals surface area (Å²) in [5.74, 6) is 0.264. The smallest absolute Gasteiger partial charge is 0.153 e. The number of sulfone groups is 1. The molecule has 1 N–H and O–H groups in total. The first kappa shape index (κ1) is 14.0. The van der Waals surface area contributed by atoms with Crippen molar-refractivity contribution in [3.05, 3.63) is 0 Å². The van der Waals surface area contributed by atoms with Crippen LogP contribution >= 0.6 is 0 Å². The van der Waals surface area contributed by atoms with Crippen LogP contribution in [0.1, 0.15) is 52.9 Å². The van der Waals surface area contributed by atoms with Crippen molar-refractivity contribution < 1.29 is 8.42 Å². The van der Waals surface area contributed by atoms with E-state index in [1.54, 1.807) is 13.8 Å². The second kappa shape index (κ2) is 5.50. The Hall–Kier alpha value is -0.0900. The van der Waals surface area contributed by atoms with Crippen molar-refractivity contribution in [1.82, 2.24) is 5.32 Å². The van der Waals surface area contributed by atoms with Crippen LogP contribution in [0, 0.1) is 0 Å². The molecule has 0 heterocycles. The summed E-state index contributed by atoms with van der Waals surface area (Å²) in [5, 5.41) is 3.17. The summed E-state index contributed by atoms with van der Waals surface area (Å²) in [6, 6.07) is 0. The molecule has 0 atom stereocenters. The second-order valence-electron chi connectivity index (χ2n) is 5.46. The molecule has 0 saturated heterocycles. The molecule has 1 rings (SSSR count). The fraction of sp³-hybridized carbons (Fsp3) is 1.00. The number of hydrogen-bond acceptors (Lipinski definition) is 3. The minimum Gasteiger partial charge on any atom is -0.311 e. The van der Waals surface area contributed by atoms with E-state index in [1.165, 1.54) is 32.1 Å². The molecule has 1 saturated carbocycles. The minimum atomic E-state index is -2.89. The quantitative estimate of drug-likeness (QED) is 0.809. The van der Waals surface area contributed by atoms with E-state index in [1.807, 2.05) is 0 Å². The van der Waals surface area contributed by atoms with Crippen molar-refractivity contribution >= 4 is 9.84 Å². The predicted molar refractivity (Wildman–Crippen MR) is 68.4 cm³/mol. The van der Waals surface area contributed by atoms with Crippen LogP contribution in [-0.4, -0.2) is 31.5 Å². The summed E-state index contributed by atoms with van der Waals surface area (Å²) in [6.07, 6.45) is 6.20. The van der Waals surface area contributed by atoms with E-state index >= 15 is 0 Å². The zero-order valence-corrected chi connectivity index (χ0v) is 11.6. The van der Waals surface area contributed by atoms with Gasteiger partial charge in [-0.3, -0.25) is 0 Å². The molecule has 4 heteroatoms. The van der Waals surface area contributed by atoms with E-state index < -0.39 is 9.84 Å². The predicted octanol–water partition coefficient (Wildman–Crippen LogP) is 2.12. The van der Waals surface area contributed by atoms with Gasteiger partial charge in [-0.2, -0.15) is 0 Å². The highest BCUT2D eigenvalue weighted by atomic mass is 32.2. The van der Waals surface area contributed by atoms with Gasteiger partial charge in [-0.15, -0.1) is 0 Å². The highest BCUT2D eigenvalue weighted by Crippen LogP contribution is 2.27. The van der Waals surface area contributed by atoms with Gasteiger partial charge in [-0.05, 0) is 33.6 Å². The van der Waals surface area contributed by atoms with Crippen LogP contribution in [0.2, 0.25) is 0 Å². The normalized spacial score (nSPS) is 21.2. The number of rotatable bonds is 5. The Kier molecular flexibility index (Phi) is 4.80. The van der Waals surface area contributed by atoms with Crippen molar-refractivity contribution in [2.24, 2.45) is 0 Å². The molecular weight excluding hydrogens is 222 g/mol. The van der Waals surface area contributed by atoms with Crippen molar-refractivity contribution in [1.29, 1.82) is 0 Å². The van der Waals surface area contributed by atoms with Gasteiger partial charge < -0.3 is 5.32 Å². The molecule has 0 aromatic rings. The zero-order valence-electron chi connectivity index (χ0n) is 10.8. The van der Waals surface area contributed by atoms with Crippen LogP contribution in [0.3, 0.4) is 0 Å². The SMILES string of the molecule is CC(C)S(=O)(=O)CCNC1(C)CCCCC1. The molecule has 16 heavy (non-hydrogen) atoms. The van der Waals surface area contributed by atoms with Crippen molar-refractivity contribution in [3.8, 4) is 0 Å². The molecule has 0 spiro atoms. The first-order valence-corrected chi connectivity index (χ1v) is 8.04. The third-order valence-corrected chi connectivity index (χ3v) is 5.82. The van der Waals surface area contributed by atoms with Crippen LogP contribution in [0.4, 0.5) is 0 Å². The lowest BCUT2D eigenvalue weighted by molar-refractivity contribution is 0.259. The van der Waals surface area contributed by atoms with Gasteiger partial charge in [-0.1, -0.05) is 19.3 Å². The van der Waals surface area contributed by atoms with Gasteiger partial charge in [0.1, 0.15) is 0 Å². The monoisotopic (exact) mass is 247 g/mol. The molecular formula is C12H25NO2S. The summed E-state index contributed by atoms with van der Waals surface area (Å²) in [4.78, 5) is 0. The van der Waals surface area contributed by atoms with E-state index in [-0.39, 0.29) is 16.5 Å². The lowest BCUT2D eigenvalue weighted by atomic mass is 9.83. The van der Waals surface area contributed by atoms with Gasteiger partial charge in [0.15, 0.2) is 9.84 Å². The lowest BCUT2D eigenvalue weighted by Crippen LogP contribution is -2.46. The minimum absolute atomic E-state index is 0.171. The van der Waals surface area contributed by atoms with E-state index in [9.17, 15) is 8.42 Å². The highest BCUT2D eigenvalue weighted by molar-refractivity contribution is 7.92. The number of hydrogen-bond donors (Lipinski definition) is 1. The van der Waals surface area contributed by atoms with E-state index in [0.717, 1.165) is 0 Å². The third kappa shape index (κ3) is 4.06.